The molecular weight excluding hydrogens is 314 g/mol. The van der Waals surface area contributed by atoms with Gasteiger partial charge in [0.2, 0.25) is 0 Å². The van der Waals surface area contributed by atoms with E-state index in [1.165, 1.54) is 37.4 Å². The first-order valence-corrected chi connectivity index (χ1v) is 8.88. The Morgan fingerprint density at radius 2 is 1.96 bits per heavy atom. The van der Waals surface area contributed by atoms with Crippen molar-refractivity contribution in [1.29, 1.82) is 0 Å². The average Bonchev–Trinajstić information content (AvgIpc) is 2.63. The number of aromatic nitrogens is 1. The highest BCUT2D eigenvalue weighted by molar-refractivity contribution is 5.85. The highest BCUT2D eigenvalue weighted by atomic mass is 16.4. The number of carboxylic acids is 1. The van der Waals surface area contributed by atoms with Crippen molar-refractivity contribution in [2.75, 3.05) is 11.9 Å². The molecule has 3 rings (SSSR count). The summed E-state index contributed by atoms with van der Waals surface area (Å²) in [6.45, 7) is 5.14. The largest absolute Gasteiger partial charge is 0.477 e. The smallest absolute Gasteiger partial charge is 0.354 e. The number of nitrogens with one attached hydrogen (secondary N) is 1. The van der Waals surface area contributed by atoms with Crippen LogP contribution >= 0.6 is 0 Å². The second-order valence-electron chi connectivity index (χ2n) is 6.70. The summed E-state index contributed by atoms with van der Waals surface area (Å²) in [6.07, 6.45) is 3.94. The van der Waals surface area contributed by atoms with Crippen LogP contribution in [0, 0.1) is 0 Å². The van der Waals surface area contributed by atoms with E-state index in [9.17, 15) is 4.79 Å². The topological polar surface area (TPSA) is 65.5 Å². The lowest BCUT2D eigenvalue weighted by atomic mass is 10.0. The van der Waals surface area contributed by atoms with Crippen molar-refractivity contribution in [3.05, 3.63) is 59.3 Å². The van der Waals surface area contributed by atoms with Crippen LogP contribution in [0.25, 0.3) is 0 Å². The van der Waals surface area contributed by atoms with Crippen molar-refractivity contribution in [1.82, 2.24) is 9.88 Å². The van der Waals surface area contributed by atoms with Gasteiger partial charge in [-0.2, -0.15) is 0 Å². The minimum atomic E-state index is -1.01. The number of aromatic carboxylic acids is 1. The quantitative estimate of drug-likeness (QED) is 0.839. The van der Waals surface area contributed by atoms with Crippen LogP contribution in [0.2, 0.25) is 0 Å². The number of carbonyl (C=O) groups is 1. The van der Waals surface area contributed by atoms with E-state index in [1.807, 2.05) is 0 Å². The van der Waals surface area contributed by atoms with Gasteiger partial charge in [0.15, 0.2) is 5.69 Å². The minimum absolute atomic E-state index is 0.0519. The Bertz CT molecular complexity index is 715. The van der Waals surface area contributed by atoms with Crippen LogP contribution in [0.5, 0.6) is 0 Å². The van der Waals surface area contributed by atoms with Crippen molar-refractivity contribution >= 4 is 11.8 Å². The van der Waals surface area contributed by atoms with Crippen LogP contribution in [0.15, 0.2) is 42.5 Å². The van der Waals surface area contributed by atoms with E-state index < -0.39 is 5.97 Å². The van der Waals surface area contributed by atoms with E-state index >= 15 is 0 Å². The molecule has 0 bridgehead atoms. The molecule has 2 N–H and O–H groups in total. The van der Waals surface area contributed by atoms with Crippen molar-refractivity contribution in [2.45, 2.75) is 45.3 Å². The zero-order chi connectivity index (χ0) is 17.6. The Morgan fingerprint density at radius 1 is 1.20 bits per heavy atom. The molecule has 1 aromatic heterocycles. The van der Waals surface area contributed by atoms with Gasteiger partial charge in [0.05, 0.1) is 0 Å². The van der Waals surface area contributed by atoms with E-state index in [2.05, 4.69) is 46.4 Å². The third kappa shape index (κ3) is 4.79. The molecule has 5 heteroatoms. The molecule has 25 heavy (non-hydrogen) atoms. The molecule has 2 aromatic rings. The van der Waals surface area contributed by atoms with E-state index in [-0.39, 0.29) is 5.69 Å². The van der Waals surface area contributed by atoms with Crippen LogP contribution in [0.4, 0.5) is 5.82 Å². The molecule has 132 valence electrons. The fraction of sp³-hybridized carbons (Fsp3) is 0.400. The highest BCUT2D eigenvalue weighted by Gasteiger charge is 2.17. The fourth-order valence-electron chi connectivity index (χ4n) is 3.23. The lowest BCUT2D eigenvalue weighted by Gasteiger charge is -2.33. The van der Waals surface area contributed by atoms with Gasteiger partial charge < -0.3 is 10.4 Å². The Labute approximate surface area is 148 Å². The summed E-state index contributed by atoms with van der Waals surface area (Å²) in [5.41, 5.74) is 2.54. The zero-order valence-corrected chi connectivity index (χ0v) is 14.6. The molecule has 0 saturated carbocycles. The van der Waals surface area contributed by atoms with Gasteiger partial charge >= 0.3 is 5.97 Å². The predicted molar refractivity (Wildman–Crippen MR) is 98.7 cm³/mol. The van der Waals surface area contributed by atoms with E-state index in [4.69, 9.17) is 5.11 Å². The zero-order valence-electron chi connectivity index (χ0n) is 14.6. The van der Waals surface area contributed by atoms with Crippen molar-refractivity contribution < 1.29 is 9.90 Å². The van der Waals surface area contributed by atoms with Crippen LogP contribution < -0.4 is 5.32 Å². The summed E-state index contributed by atoms with van der Waals surface area (Å²) < 4.78 is 0. The number of hydrogen-bond acceptors (Lipinski definition) is 4. The molecule has 2 heterocycles. The maximum atomic E-state index is 11.0. The number of nitrogens with zero attached hydrogens (tertiary/aromatic N) is 2. The SMILES string of the molecule is CC1CCCCN1Cc1ccc(CNc2cccc(C(=O)O)n2)cc1. The molecular formula is C20H25N3O2. The van der Waals surface area contributed by atoms with Gasteiger partial charge in [-0.25, -0.2) is 9.78 Å². The standard InChI is InChI=1S/C20H25N3O2/c1-15-5-2-3-12-23(15)14-17-10-8-16(9-11-17)13-21-19-7-4-6-18(22-19)20(24)25/h4,6-11,15H,2-3,5,12-14H2,1H3,(H,21,22)(H,24,25). The summed E-state index contributed by atoms with van der Waals surface area (Å²) >= 11 is 0. The highest BCUT2D eigenvalue weighted by Crippen LogP contribution is 2.19. The number of hydrogen-bond donors (Lipinski definition) is 2. The molecule has 5 nitrogen and oxygen atoms in total. The monoisotopic (exact) mass is 339 g/mol. The molecule has 0 amide bonds. The summed E-state index contributed by atoms with van der Waals surface area (Å²) in [4.78, 5) is 17.6. The maximum absolute atomic E-state index is 11.0. The Balaban J connectivity index is 1.55. The minimum Gasteiger partial charge on any atom is -0.477 e. The van der Waals surface area contributed by atoms with E-state index in [0.29, 0.717) is 18.4 Å². The first kappa shape index (κ1) is 17.4. The third-order valence-electron chi connectivity index (χ3n) is 4.79. The second-order valence-corrected chi connectivity index (χ2v) is 6.70. The van der Waals surface area contributed by atoms with Gasteiger partial charge in [-0.15, -0.1) is 0 Å². The maximum Gasteiger partial charge on any atom is 0.354 e. The lowest BCUT2D eigenvalue weighted by Crippen LogP contribution is -2.36. The number of carboxylic acid groups (broad SMARTS) is 1. The van der Waals surface area contributed by atoms with Gasteiger partial charge in [-0.3, -0.25) is 4.90 Å². The summed E-state index contributed by atoms with van der Waals surface area (Å²) in [6, 6.07) is 14.2. The molecule has 0 radical (unpaired) electrons. The van der Waals surface area contributed by atoms with E-state index in [0.717, 1.165) is 12.1 Å². The normalized spacial score (nSPS) is 18.0. The van der Waals surface area contributed by atoms with Crippen LogP contribution in [-0.4, -0.2) is 33.5 Å². The summed E-state index contributed by atoms with van der Waals surface area (Å²) in [5, 5.41) is 12.2. The van der Waals surface area contributed by atoms with E-state index in [1.54, 1.807) is 12.1 Å². The first-order chi connectivity index (χ1) is 12.1. The molecule has 1 fully saturated rings. The van der Waals surface area contributed by atoms with Gasteiger partial charge in [0, 0.05) is 19.1 Å². The van der Waals surface area contributed by atoms with Gasteiger partial charge in [0.25, 0.3) is 0 Å². The predicted octanol–water partition coefficient (Wildman–Crippen LogP) is 3.77. The molecule has 0 spiro atoms. The Morgan fingerprint density at radius 3 is 2.68 bits per heavy atom. The number of piperidine rings is 1. The summed E-state index contributed by atoms with van der Waals surface area (Å²) in [5.74, 6) is -0.439. The van der Waals surface area contributed by atoms with Crippen LogP contribution in [0.3, 0.4) is 0 Å². The fourth-order valence-corrected chi connectivity index (χ4v) is 3.23. The molecule has 1 aliphatic rings. The number of rotatable bonds is 6. The van der Waals surface area contributed by atoms with Crippen molar-refractivity contribution in [3.8, 4) is 0 Å². The number of likely N-dealkylation sites (tertiary alicyclic amines) is 1. The average molecular weight is 339 g/mol. The Hall–Kier alpha value is -2.40. The Kier molecular flexibility index (Phi) is 5.66. The number of anilines is 1. The van der Waals surface area contributed by atoms with Gasteiger partial charge in [-0.1, -0.05) is 36.8 Å². The molecule has 1 atom stereocenters. The summed E-state index contributed by atoms with van der Waals surface area (Å²) in [7, 11) is 0. The molecule has 0 aliphatic carbocycles. The van der Waals surface area contributed by atoms with Crippen LogP contribution in [-0.2, 0) is 13.1 Å². The lowest BCUT2D eigenvalue weighted by molar-refractivity contribution is 0.0690. The third-order valence-corrected chi connectivity index (χ3v) is 4.79. The number of pyridine rings is 1. The van der Waals surface area contributed by atoms with Crippen LogP contribution in [0.1, 0.15) is 47.8 Å². The van der Waals surface area contributed by atoms with Crippen molar-refractivity contribution in [2.24, 2.45) is 0 Å². The first-order valence-electron chi connectivity index (χ1n) is 8.88. The van der Waals surface area contributed by atoms with Crippen molar-refractivity contribution in [3.63, 3.8) is 0 Å². The molecule has 1 saturated heterocycles. The number of benzene rings is 1. The molecule has 1 aliphatic heterocycles. The second kappa shape index (κ2) is 8.12. The van der Waals surface area contributed by atoms with Gasteiger partial charge in [0.1, 0.15) is 5.82 Å². The van der Waals surface area contributed by atoms with Gasteiger partial charge in [-0.05, 0) is 49.6 Å². The molecule has 1 unspecified atom stereocenters. The molecule has 1 aromatic carbocycles.